The van der Waals surface area contributed by atoms with Crippen LogP contribution in [-0.4, -0.2) is 84.4 Å². The third-order valence-electron chi connectivity index (χ3n) is 2.56. The van der Waals surface area contributed by atoms with Crippen molar-refractivity contribution in [2.75, 3.05) is 79.3 Å². The number of ether oxygens (including phenoxy) is 5. The number of hydrogen-bond acceptors (Lipinski definition) is 7. The first kappa shape index (κ1) is 18.5. The third kappa shape index (κ3) is 11.8. The van der Waals surface area contributed by atoms with Gasteiger partial charge < -0.3 is 23.7 Å². The summed E-state index contributed by atoms with van der Waals surface area (Å²) in [6.07, 6.45) is 1.76. The highest BCUT2D eigenvalue weighted by molar-refractivity contribution is 4.68. The van der Waals surface area contributed by atoms with Crippen molar-refractivity contribution in [3.63, 3.8) is 0 Å². The molecule has 1 heterocycles. The second-order valence-corrected chi connectivity index (χ2v) is 4.27. The first-order valence-electron chi connectivity index (χ1n) is 7.31. The van der Waals surface area contributed by atoms with Gasteiger partial charge in [0.25, 0.3) is 0 Å². The molecule has 1 rings (SSSR count). The largest absolute Gasteiger partial charge is 0.377 e. The van der Waals surface area contributed by atoms with E-state index < -0.39 is 0 Å². The van der Waals surface area contributed by atoms with E-state index in [1.807, 2.05) is 0 Å². The van der Waals surface area contributed by atoms with Crippen molar-refractivity contribution in [2.24, 2.45) is 0 Å². The summed E-state index contributed by atoms with van der Waals surface area (Å²) >= 11 is 0. The third-order valence-corrected chi connectivity index (χ3v) is 2.56. The molecule has 0 unspecified atom stereocenters. The SMILES string of the molecule is C=CCN1COCCOCCOCCOCCOCCO1. The fourth-order valence-corrected chi connectivity index (χ4v) is 1.56. The van der Waals surface area contributed by atoms with Crippen molar-refractivity contribution in [1.82, 2.24) is 5.06 Å². The molecule has 0 aromatic heterocycles. The Labute approximate surface area is 126 Å². The predicted octanol–water partition coefficient (Wildman–Crippen LogP) is 0.460. The van der Waals surface area contributed by atoms with Gasteiger partial charge in [-0.25, -0.2) is 0 Å². The normalized spacial score (nSPS) is 23.0. The molecule has 1 saturated heterocycles. The van der Waals surface area contributed by atoms with E-state index in [1.54, 1.807) is 11.1 Å². The zero-order valence-corrected chi connectivity index (χ0v) is 12.7. The Morgan fingerprint density at radius 1 is 0.667 bits per heavy atom. The van der Waals surface area contributed by atoms with Gasteiger partial charge in [0.1, 0.15) is 6.73 Å². The van der Waals surface area contributed by atoms with Gasteiger partial charge in [-0.3, -0.25) is 4.84 Å². The molecule has 0 bridgehead atoms. The van der Waals surface area contributed by atoms with Crippen LogP contribution < -0.4 is 0 Å². The summed E-state index contributed by atoms with van der Waals surface area (Å²) in [5.74, 6) is 0. The minimum Gasteiger partial charge on any atom is -0.377 e. The van der Waals surface area contributed by atoms with Gasteiger partial charge in [-0.2, -0.15) is 5.06 Å². The number of nitrogens with zero attached hydrogens (tertiary/aromatic N) is 1. The highest BCUT2D eigenvalue weighted by atomic mass is 16.7. The van der Waals surface area contributed by atoms with Gasteiger partial charge in [0.05, 0.1) is 66.1 Å². The van der Waals surface area contributed by atoms with Gasteiger partial charge >= 0.3 is 0 Å². The van der Waals surface area contributed by atoms with Crippen LogP contribution in [0.15, 0.2) is 12.7 Å². The minimum atomic E-state index is 0.370. The summed E-state index contributed by atoms with van der Waals surface area (Å²) < 4.78 is 27.0. The zero-order valence-electron chi connectivity index (χ0n) is 12.7. The Kier molecular flexibility index (Phi) is 12.7. The molecule has 0 spiro atoms. The zero-order chi connectivity index (χ0) is 15.0. The van der Waals surface area contributed by atoms with Crippen LogP contribution >= 0.6 is 0 Å². The summed E-state index contributed by atoms with van der Waals surface area (Å²) in [4.78, 5) is 5.54. The Hall–Kier alpha value is -0.540. The minimum absolute atomic E-state index is 0.370. The van der Waals surface area contributed by atoms with Crippen molar-refractivity contribution in [1.29, 1.82) is 0 Å². The monoisotopic (exact) mass is 305 g/mol. The van der Waals surface area contributed by atoms with Gasteiger partial charge in [0, 0.05) is 6.54 Å². The maximum Gasteiger partial charge on any atom is 0.122 e. The highest BCUT2D eigenvalue weighted by Gasteiger charge is 2.04. The van der Waals surface area contributed by atoms with E-state index >= 15 is 0 Å². The molecule has 0 radical (unpaired) electrons. The Morgan fingerprint density at radius 2 is 1.10 bits per heavy atom. The first-order chi connectivity index (χ1) is 10.4. The smallest absolute Gasteiger partial charge is 0.122 e. The van der Waals surface area contributed by atoms with E-state index in [0.29, 0.717) is 79.3 Å². The van der Waals surface area contributed by atoms with E-state index in [4.69, 9.17) is 28.5 Å². The summed E-state index contributed by atoms with van der Waals surface area (Å²) in [6, 6.07) is 0. The van der Waals surface area contributed by atoms with Crippen LogP contribution in [0, 0.1) is 0 Å². The summed E-state index contributed by atoms with van der Waals surface area (Å²) in [5, 5.41) is 1.69. The molecule has 0 saturated carbocycles. The lowest BCUT2D eigenvalue weighted by Gasteiger charge is -2.20. The van der Waals surface area contributed by atoms with Crippen molar-refractivity contribution in [3.05, 3.63) is 12.7 Å². The molecule has 0 aromatic carbocycles. The molecule has 7 nitrogen and oxygen atoms in total. The van der Waals surface area contributed by atoms with Crippen molar-refractivity contribution < 1.29 is 28.5 Å². The maximum atomic E-state index is 5.54. The predicted molar refractivity (Wildman–Crippen MR) is 77.0 cm³/mol. The van der Waals surface area contributed by atoms with E-state index in [0.717, 1.165) is 0 Å². The van der Waals surface area contributed by atoms with Gasteiger partial charge in [-0.05, 0) is 0 Å². The van der Waals surface area contributed by atoms with Gasteiger partial charge in [0.2, 0.25) is 0 Å². The molecule has 1 aliphatic rings. The summed E-state index contributed by atoms with van der Waals surface area (Å²) in [7, 11) is 0. The van der Waals surface area contributed by atoms with E-state index in [-0.39, 0.29) is 0 Å². The highest BCUT2D eigenvalue weighted by Crippen LogP contribution is 1.93. The summed E-state index contributed by atoms with van der Waals surface area (Å²) in [6.45, 7) is 10.0. The average molecular weight is 305 g/mol. The fraction of sp³-hybridized carbons (Fsp3) is 0.857. The van der Waals surface area contributed by atoms with Crippen LogP contribution in [0.1, 0.15) is 0 Å². The van der Waals surface area contributed by atoms with Crippen LogP contribution in [0.4, 0.5) is 0 Å². The molecule has 21 heavy (non-hydrogen) atoms. The fourth-order valence-electron chi connectivity index (χ4n) is 1.56. The molecule has 0 aliphatic carbocycles. The lowest BCUT2D eigenvalue weighted by atomic mass is 10.6. The van der Waals surface area contributed by atoms with Crippen LogP contribution in [0.2, 0.25) is 0 Å². The second-order valence-electron chi connectivity index (χ2n) is 4.27. The maximum absolute atomic E-state index is 5.54. The van der Waals surface area contributed by atoms with Crippen molar-refractivity contribution in [2.45, 2.75) is 0 Å². The second kappa shape index (κ2) is 14.4. The molecule has 0 aromatic rings. The van der Waals surface area contributed by atoms with E-state index in [9.17, 15) is 0 Å². The molecular formula is C14H27NO6. The molecule has 0 amide bonds. The summed E-state index contributed by atoms with van der Waals surface area (Å²) in [5.41, 5.74) is 0. The standard InChI is InChI=1S/C14H27NO6/c1-2-3-15-14-20-11-10-18-7-6-16-4-5-17-8-9-19-12-13-21-15/h2H,1,3-14H2. The molecule has 0 atom stereocenters. The number of hydrogen-bond donors (Lipinski definition) is 0. The molecule has 0 N–H and O–H groups in total. The lowest BCUT2D eigenvalue weighted by Crippen LogP contribution is -2.29. The Balaban J connectivity index is 2.19. The number of rotatable bonds is 2. The lowest BCUT2D eigenvalue weighted by molar-refractivity contribution is -0.211. The van der Waals surface area contributed by atoms with Gasteiger partial charge in [-0.15, -0.1) is 6.58 Å². The van der Waals surface area contributed by atoms with Crippen LogP contribution in [0.25, 0.3) is 0 Å². The average Bonchev–Trinajstić information content (AvgIpc) is 2.49. The molecule has 1 aliphatic heterocycles. The van der Waals surface area contributed by atoms with Crippen LogP contribution in [0.3, 0.4) is 0 Å². The van der Waals surface area contributed by atoms with Crippen molar-refractivity contribution >= 4 is 0 Å². The Morgan fingerprint density at radius 3 is 1.57 bits per heavy atom. The first-order valence-corrected chi connectivity index (χ1v) is 7.31. The van der Waals surface area contributed by atoms with Crippen LogP contribution in [-0.2, 0) is 28.5 Å². The molecule has 7 heteroatoms. The molecule has 1 fully saturated rings. The van der Waals surface area contributed by atoms with Crippen molar-refractivity contribution in [3.8, 4) is 0 Å². The number of hydroxylamine groups is 2. The quantitative estimate of drug-likeness (QED) is 0.687. The van der Waals surface area contributed by atoms with Crippen LogP contribution in [0.5, 0.6) is 0 Å². The van der Waals surface area contributed by atoms with E-state index in [2.05, 4.69) is 6.58 Å². The van der Waals surface area contributed by atoms with E-state index in [1.165, 1.54) is 0 Å². The molecule has 124 valence electrons. The van der Waals surface area contributed by atoms with Gasteiger partial charge in [-0.1, -0.05) is 6.08 Å². The molecular weight excluding hydrogens is 278 g/mol. The van der Waals surface area contributed by atoms with Gasteiger partial charge in [0.15, 0.2) is 0 Å². The topological polar surface area (TPSA) is 58.6 Å². The Bertz CT molecular complexity index is 224.